The van der Waals surface area contributed by atoms with Gasteiger partial charge in [0.25, 0.3) is 0 Å². The highest BCUT2D eigenvalue weighted by atomic mass is 35.5. The largest absolute Gasteiger partial charge is 0.493 e. The van der Waals surface area contributed by atoms with Gasteiger partial charge in [0.05, 0.1) is 32.3 Å². The highest BCUT2D eigenvalue weighted by Gasteiger charge is 2.17. The monoisotopic (exact) mass is 311 g/mol. The number of halogens is 1. The van der Waals surface area contributed by atoms with E-state index >= 15 is 0 Å². The van der Waals surface area contributed by atoms with Crippen LogP contribution in [0.15, 0.2) is 12.1 Å². The predicted molar refractivity (Wildman–Crippen MR) is 83.2 cm³/mol. The van der Waals surface area contributed by atoms with Gasteiger partial charge in [0.2, 0.25) is 5.75 Å². The van der Waals surface area contributed by atoms with Crippen LogP contribution in [0.3, 0.4) is 0 Å². The first-order valence-corrected chi connectivity index (χ1v) is 7.35. The third-order valence-electron chi connectivity index (χ3n) is 3.17. The van der Waals surface area contributed by atoms with E-state index in [4.69, 9.17) is 31.1 Å². The maximum absolute atomic E-state index is 8.99. The van der Waals surface area contributed by atoms with Crippen molar-refractivity contribution >= 4 is 11.6 Å². The molecule has 1 aromatic rings. The quantitative estimate of drug-likeness (QED) is 0.534. The molecule has 0 bridgehead atoms. The van der Waals surface area contributed by atoms with Gasteiger partial charge in [0, 0.05) is 5.88 Å². The third-order valence-corrected chi connectivity index (χ3v) is 3.48. The van der Waals surface area contributed by atoms with Crippen molar-refractivity contribution in [3.63, 3.8) is 0 Å². The standard InChI is InChI=1S/C16H22ClNO3/c1-16(2,11-18)6-5-7-21-15-13(19-3)8-12(10-17)9-14(15)20-4/h8-9H,5-7,10H2,1-4H3. The molecule has 0 aliphatic heterocycles. The first kappa shape index (κ1) is 17.5. The molecule has 0 unspecified atom stereocenters. The van der Waals surface area contributed by atoms with Crippen molar-refractivity contribution in [3.05, 3.63) is 17.7 Å². The van der Waals surface area contributed by atoms with Crippen LogP contribution in [-0.2, 0) is 5.88 Å². The van der Waals surface area contributed by atoms with Crippen molar-refractivity contribution in [1.29, 1.82) is 5.26 Å². The Bertz CT molecular complexity index is 484. The van der Waals surface area contributed by atoms with Crippen LogP contribution in [0.5, 0.6) is 17.2 Å². The Morgan fingerprint density at radius 1 is 1.19 bits per heavy atom. The van der Waals surface area contributed by atoms with E-state index in [1.165, 1.54) is 0 Å². The van der Waals surface area contributed by atoms with Crippen LogP contribution in [0.2, 0.25) is 0 Å². The molecule has 4 nitrogen and oxygen atoms in total. The number of rotatable bonds is 8. The summed E-state index contributed by atoms with van der Waals surface area (Å²) < 4.78 is 16.5. The van der Waals surface area contributed by atoms with Crippen LogP contribution in [0.1, 0.15) is 32.3 Å². The average molecular weight is 312 g/mol. The SMILES string of the molecule is COc1cc(CCl)cc(OC)c1OCCCC(C)(C)C#N. The fraction of sp³-hybridized carbons (Fsp3) is 0.562. The maximum Gasteiger partial charge on any atom is 0.203 e. The predicted octanol–water partition coefficient (Wildman–Crippen LogP) is 4.15. The molecule has 0 aliphatic carbocycles. The second kappa shape index (κ2) is 7.99. The molecular weight excluding hydrogens is 290 g/mol. The fourth-order valence-electron chi connectivity index (χ4n) is 1.90. The van der Waals surface area contributed by atoms with Crippen LogP contribution in [0.4, 0.5) is 0 Å². The van der Waals surface area contributed by atoms with Gasteiger partial charge in [-0.1, -0.05) is 0 Å². The van der Waals surface area contributed by atoms with Crippen LogP contribution < -0.4 is 14.2 Å². The Hall–Kier alpha value is -1.60. The van der Waals surface area contributed by atoms with E-state index in [0.717, 1.165) is 18.4 Å². The Morgan fingerprint density at radius 3 is 2.19 bits per heavy atom. The average Bonchev–Trinajstić information content (AvgIpc) is 2.50. The van der Waals surface area contributed by atoms with Crippen LogP contribution >= 0.6 is 11.6 Å². The van der Waals surface area contributed by atoms with E-state index in [2.05, 4.69) is 6.07 Å². The number of methoxy groups -OCH3 is 2. The first-order valence-electron chi connectivity index (χ1n) is 6.82. The van der Waals surface area contributed by atoms with Crippen molar-refractivity contribution in [1.82, 2.24) is 0 Å². The molecule has 0 heterocycles. The summed E-state index contributed by atoms with van der Waals surface area (Å²) in [5.41, 5.74) is 0.573. The van der Waals surface area contributed by atoms with Gasteiger partial charge < -0.3 is 14.2 Å². The Morgan fingerprint density at radius 2 is 1.76 bits per heavy atom. The molecule has 116 valence electrons. The van der Waals surface area contributed by atoms with Crippen LogP contribution in [0, 0.1) is 16.7 Å². The summed E-state index contributed by atoms with van der Waals surface area (Å²) in [6.45, 7) is 4.34. The summed E-state index contributed by atoms with van der Waals surface area (Å²) >= 11 is 5.85. The third kappa shape index (κ3) is 5.02. The second-order valence-corrected chi connectivity index (χ2v) is 5.68. The van der Waals surface area contributed by atoms with E-state index in [-0.39, 0.29) is 5.41 Å². The summed E-state index contributed by atoms with van der Waals surface area (Å²) in [4.78, 5) is 0. The molecule has 0 fully saturated rings. The molecule has 1 rings (SSSR count). The highest BCUT2D eigenvalue weighted by Crippen LogP contribution is 2.39. The minimum atomic E-state index is -0.333. The number of alkyl halides is 1. The minimum Gasteiger partial charge on any atom is -0.493 e. The number of ether oxygens (including phenoxy) is 3. The lowest BCUT2D eigenvalue weighted by atomic mass is 9.90. The minimum absolute atomic E-state index is 0.333. The summed E-state index contributed by atoms with van der Waals surface area (Å²) in [6, 6.07) is 5.96. The van der Waals surface area contributed by atoms with Gasteiger partial charge in [-0.2, -0.15) is 5.26 Å². The zero-order chi connectivity index (χ0) is 15.9. The number of hydrogen-bond donors (Lipinski definition) is 0. The molecule has 0 amide bonds. The summed E-state index contributed by atoms with van der Waals surface area (Å²) in [6.07, 6.45) is 1.55. The zero-order valence-electron chi connectivity index (χ0n) is 13.0. The summed E-state index contributed by atoms with van der Waals surface area (Å²) in [5.74, 6) is 2.15. The lowest BCUT2D eigenvalue weighted by Crippen LogP contribution is -2.10. The van der Waals surface area contributed by atoms with Crippen molar-refractivity contribution < 1.29 is 14.2 Å². The molecule has 0 atom stereocenters. The van der Waals surface area contributed by atoms with Gasteiger partial charge >= 0.3 is 0 Å². The molecule has 0 radical (unpaired) electrons. The van der Waals surface area contributed by atoms with Crippen molar-refractivity contribution in [2.45, 2.75) is 32.6 Å². The molecule has 0 saturated carbocycles. The van der Waals surface area contributed by atoms with E-state index in [0.29, 0.717) is 29.7 Å². The Labute approximate surface area is 131 Å². The first-order chi connectivity index (χ1) is 9.97. The maximum atomic E-state index is 8.99. The Kier molecular flexibility index (Phi) is 6.64. The van der Waals surface area contributed by atoms with Gasteiger partial charge in [-0.05, 0) is 44.4 Å². The smallest absolute Gasteiger partial charge is 0.203 e. The molecule has 0 saturated heterocycles. The molecule has 0 N–H and O–H groups in total. The topological polar surface area (TPSA) is 51.5 Å². The van der Waals surface area contributed by atoms with Crippen molar-refractivity contribution in [2.24, 2.45) is 5.41 Å². The highest BCUT2D eigenvalue weighted by molar-refractivity contribution is 6.17. The lowest BCUT2D eigenvalue weighted by Gasteiger charge is -2.17. The number of nitriles is 1. The van der Waals surface area contributed by atoms with Gasteiger partial charge in [0.1, 0.15) is 0 Å². The van der Waals surface area contributed by atoms with Crippen molar-refractivity contribution in [2.75, 3.05) is 20.8 Å². The zero-order valence-corrected chi connectivity index (χ0v) is 13.8. The molecule has 0 spiro atoms. The number of hydrogen-bond acceptors (Lipinski definition) is 4. The molecule has 0 aliphatic rings. The van der Waals surface area contributed by atoms with Gasteiger partial charge in [-0.3, -0.25) is 0 Å². The molecule has 21 heavy (non-hydrogen) atoms. The number of nitrogens with zero attached hydrogens (tertiary/aromatic N) is 1. The molecule has 5 heteroatoms. The van der Waals surface area contributed by atoms with Crippen molar-refractivity contribution in [3.8, 4) is 23.3 Å². The summed E-state index contributed by atoms with van der Waals surface area (Å²) in [5, 5.41) is 8.99. The van der Waals surface area contributed by atoms with Gasteiger partial charge in [-0.25, -0.2) is 0 Å². The summed E-state index contributed by atoms with van der Waals surface area (Å²) in [7, 11) is 3.16. The lowest BCUT2D eigenvalue weighted by molar-refractivity contribution is 0.255. The second-order valence-electron chi connectivity index (χ2n) is 5.41. The molecular formula is C16H22ClNO3. The normalized spacial score (nSPS) is 10.9. The van der Waals surface area contributed by atoms with E-state index < -0.39 is 0 Å². The van der Waals surface area contributed by atoms with E-state index in [1.807, 2.05) is 26.0 Å². The van der Waals surface area contributed by atoms with Crippen LogP contribution in [-0.4, -0.2) is 20.8 Å². The Balaban J connectivity index is 2.76. The molecule has 0 aromatic heterocycles. The van der Waals surface area contributed by atoms with Crippen LogP contribution in [0.25, 0.3) is 0 Å². The van der Waals surface area contributed by atoms with Gasteiger partial charge in [-0.15, -0.1) is 11.6 Å². The van der Waals surface area contributed by atoms with E-state index in [1.54, 1.807) is 14.2 Å². The van der Waals surface area contributed by atoms with E-state index in [9.17, 15) is 0 Å². The molecule has 1 aromatic carbocycles. The number of benzene rings is 1. The van der Waals surface area contributed by atoms with Gasteiger partial charge in [0.15, 0.2) is 11.5 Å². The fourth-order valence-corrected chi connectivity index (χ4v) is 2.05.